The summed E-state index contributed by atoms with van der Waals surface area (Å²) in [7, 11) is 0. The lowest BCUT2D eigenvalue weighted by Crippen LogP contribution is -2.06. The van der Waals surface area contributed by atoms with Crippen LogP contribution in [-0.4, -0.2) is 47.0 Å². The molecule has 0 bridgehead atoms. The van der Waals surface area contributed by atoms with Gasteiger partial charge in [0.15, 0.2) is 11.7 Å². The fourth-order valence-electron chi connectivity index (χ4n) is 3.82. The van der Waals surface area contributed by atoms with Gasteiger partial charge in [-0.3, -0.25) is 0 Å². The van der Waals surface area contributed by atoms with Crippen LogP contribution in [0.5, 0.6) is 5.75 Å². The maximum atomic E-state index is 14.3. The number of aromatic nitrogens is 2. The maximum absolute atomic E-state index is 14.3. The first-order valence-electron chi connectivity index (χ1n) is 11.4. The van der Waals surface area contributed by atoms with Gasteiger partial charge in [-0.25, -0.2) is 28.7 Å². The van der Waals surface area contributed by atoms with Gasteiger partial charge in [-0.15, -0.1) is 11.3 Å². The van der Waals surface area contributed by atoms with Gasteiger partial charge in [-0.2, -0.15) is 0 Å². The number of fused-ring (bicyclic) bond motifs is 3. The smallest absolute Gasteiger partial charge is 0.171 e. The molecular formula is C26H22F2N6O2S. The highest BCUT2D eigenvalue weighted by Crippen LogP contribution is 2.41. The van der Waals surface area contributed by atoms with Crippen molar-refractivity contribution >= 4 is 35.0 Å². The minimum atomic E-state index is -0.793. The molecule has 37 heavy (non-hydrogen) atoms. The number of hydrogen-bond donors (Lipinski definition) is 3. The molecule has 3 aromatic heterocycles. The van der Waals surface area contributed by atoms with Gasteiger partial charge in [0.05, 0.1) is 35.0 Å². The van der Waals surface area contributed by atoms with Gasteiger partial charge in [0.2, 0.25) is 0 Å². The Morgan fingerprint density at radius 1 is 1.19 bits per heavy atom. The van der Waals surface area contributed by atoms with Crippen LogP contribution in [0.15, 0.2) is 64.7 Å². The summed E-state index contributed by atoms with van der Waals surface area (Å²) in [5, 5.41) is 12.0. The van der Waals surface area contributed by atoms with Crippen molar-refractivity contribution in [3.05, 3.63) is 76.8 Å². The predicted octanol–water partition coefficient (Wildman–Crippen LogP) is 4.55. The highest BCUT2D eigenvalue weighted by Gasteiger charge is 2.23. The normalized spacial score (nSPS) is 13.1. The van der Waals surface area contributed by atoms with Crippen LogP contribution < -0.4 is 15.8 Å². The molecule has 1 aromatic carbocycles. The lowest BCUT2D eigenvalue weighted by Gasteiger charge is -2.09. The average molecular weight is 521 g/mol. The summed E-state index contributed by atoms with van der Waals surface area (Å²) in [5.74, 6) is 0.0355. The summed E-state index contributed by atoms with van der Waals surface area (Å²) < 4.78 is 33.6. The molecule has 11 heteroatoms. The molecule has 1 aliphatic rings. The number of aliphatic imine (C=N–C) groups is 2. The molecule has 1 aliphatic heterocycles. The van der Waals surface area contributed by atoms with Crippen molar-refractivity contribution in [3.8, 4) is 27.6 Å². The number of benzene rings is 1. The molecule has 0 radical (unpaired) electrons. The van der Waals surface area contributed by atoms with E-state index in [1.165, 1.54) is 17.4 Å². The van der Waals surface area contributed by atoms with Crippen molar-refractivity contribution in [1.82, 2.24) is 9.97 Å². The second-order valence-corrected chi connectivity index (χ2v) is 9.05. The van der Waals surface area contributed by atoms with Crippen LogP contribution in [0.25, 0.3) is 21.8 Å². The third-order valence-electron chi connectivity index (χ3n) is 5.54. The number of nitrogens with zero attached hydrogens (tertiary/aromatic N) is 4. The lowest BCUT2D eigenvalue weighted by atomic mass is 10.1. The second-order valence-electron chi connectivity index (χ2n) is 8.00. The summed E-state index contributed by atoms with van der Waals surface area (Å²) in [6, 6.07) is 12.6. The molecular weight excluding hydrogens is 498 g/mol. The summed E-state index contributed by atoms with van der Waals surface area (Å²) in [6.07, 6.45) is 3.43. The zero-order valence-corrected chi connectivity index (χ0v) is 20.3. The van der Waals surface area contributed by atoms with Gasteiger partial charge in [0.1, 0.15) is 28.8 Å². The zero-order valence-electron chi connectivity index (χ0n) is 19.5. The van der Waals surface area contributed by atoms with Crippen molar-refractivity contribution in [2.24, 2.45) is 15.7 Å². The van der Waals surface area contributed by atoms with E-state index in [-0.39, 0.29) is 18.1 Å². The number of hydrogen-bond acceptors (Lipinski definition) is 7. The molecule has 0 saturated heterocycles. The number of halogens is 2. The molecule has 0 aliphatic carbocycles. The Kier molecular flexibility index (Phi) is 7.15. The van der Waals surface area contributed by atoms with Crippen molar-refractivity contribution in [2.45, 2.75) is 6.42 Å². The molecule has 0 fully saturated rings. The van der Waals surface area contributed by atoms with Gasteiger partial charge in [-0.1, -0.05) is 0 Å². The molecule has 5 rings (SSSR count). The highest BCUT2D eigenvalue weighted by molar-refractivity contribution is 7.17. The Hall–Kier alpha value is -4.22. The SMILES string of the molecule is NC=NC(=Nc1ccc(F)cc1F)c1cc2c(s1)-c1nc(-c3ccc(NCCO)nc3)ccc1OCC2. The molecule has 0 spiro atoms. The predicted molar refractivity (Wildman–Crippen MR) is 141 cm³/mol. The fraction of sp³-hybridized carbons (Fsp3) is 0.154. The van der Waals surface area contributed by atoms with Crippen LogP contribution in [0, 0.1) is 11.6 Å². The van der Waals surface area contributed by atoms with E-state index >= 15 is 0 Å². The number of pyridine rings is 2. The number of aliphatic hydroxyl groups is 1. The Morgan fingerprint density at radius 3 is 2.84 bits per heavy atom. The van der Waals surface area contributed by atoms with Crippen LogP contribution in [0.1, 0.15) is 10.4 Å². The number of nitrogens with one attached hydrogen (secondary N) is 1. The first kappa shape index (κ1) is 24.5. The molecule has 8 nitrogen and oxygen atoms in total. The minimum absolute atomic E-state index is 0.0167. The monoisotopic (exact) mass is 520 g/mol. The van der Waals surface area contributed by atoms with E-state index < -0.39 is 11.6 Å². The van der Waals surface area contributed by atoms with Crippen LogP contribution in [0.4, 0.5) is 20.3 Å². The van der Waals surface area contributed by atoms with Gasteiger partial charge >= 0.3 is 0 Å². The summed E-state index contributed by atoms with van der Waals surface area (Å²) in [6.45, 7) is 0.892. The first-order chi connectivity index (χ1) is 18.1. The quantitative estimate of drug-likeness (QED) is 0.254. The highest BCUT2D eigenvalue weighted by atomic mass is 32.1. The molecule has 4 aromatic rings. The van der Waals surface area contributed by atoms with Gasteiger partial charge in [-0.05, 0) is 48.0 Å². The number of thiophene rings is 1. The van der Waals surface area contributed by atoms with Crippen LogP contribution in [0.2, 0.25) is 0 Å². The van der Waals surface area contributed by atoms with Crippen molar-refractivity contribution in [1.29, 1.82) is 0 Å². The number of amidine groups is 1. The lowest BCUT2D eigenvalue weighted by molar-refractivity contribution is 0.311. The van der Waals surface area contributed by atoms with Crippen molar-refractivity contribution in [3.63, 3.8) is 0 Å². The van der Waals surface area contributed by atoms with E-state index in [4.69, 9.17) is 20.6 Å². The van der Waals surface area contributed by atoms with Gasteiger partial charge in [0, 0.05) is 30.8 Å². The third kappa shape index (κ3) is 5.32. The average Bonchev–Trinajstić information content (AvgIpc) is 3.25. The topological polar surface area (TPSA) is 118 Å². The number of aliphatic hydroxyl groups excluding tert-OH is 1. The van der Waals surface area contributed by atoms with Crippen LogP contribution >= 0.6 is 11.3 Å². The second kappa shape index (κ2) is 10.8. The summed E-state index contributed by atoms with van der Waals surface area (Å²) in [5.41, 5.74) is 8.71. The van der Waals surface area contributed by atoms with E-state index in [9.17, 15) is 8.78 Å². The largest absolute Gasteiger partial charge is 0.491 e. The Morgan fingerprint density at radius 2 is 2.08 bits per heavy atom. The zero-order chi connectivity index (χ0) is 25.8. The summed E-state index contributed by atoms with van der Waals surface area (Å²) in [4.78, 5) is 19.3. The van der Waals surface area contributed by atoms with Crippen LogP contribution in [0.3, 0.4) is 0 Å². The first-order valence-corrected chi connectivity index (χ1v) is 12.2. The van der Waals surface area contributed by atoms with E-state index in [2.05, 4.69) is 20.3 Å². The van der Waals surface area contributed by atoms with E-state index in [0.29, 0.717) is 47.4 Å². The number of anilines is 1. The van der Waals surface area contributed by atoms with E-state index in [0.717, 1.165) is 34.5 Å². The Balaban J connectivity index is 1.53. The van der Waals surface area contributed by atoms with E-state index in [1.54, 1.807) is 6.20 Å². The maximum Gasteiger partial charge on any atom is 0.171 e. The fourth-order valence-corrected chi connectivity index (χ4v) is 4.97. The van der Waals surface area contributed by atoms with Crippen molar-refractivity contribution in [2.75, 3.05) is 25.1 Å². The number of nitrogens with two attached hydrogens (primary N) is 1. The molecule has 4 N–H and O–H groups in total. The molecule has 0 saturated carbocycles. The van der Waals surface area contributed by atoms with Crippen LogP contribution in [-0.2, 0) is 6.42 Å². The van der Waals surface area contributed by atoms with Gasteiger partial charge < -0.3 is 20.9 Å². The summed E-state index contributed by atoms with van der Waals surface area (Å²) >= 11 is 1.39. The molecule has 188 valence electrons. The third-order valence-corrected chi connectivity index (χ3v) is 6.72. The standard InChI is InChI=1S/C26H22F2N6O2S/c27-17-2-3-20(18(28)12-17)34-26(32-14-29)22-11-15-7-10-36-21-5-4-19(33-24(21)25(15)37-22)16-1-6-23(31-13-16)30-8-9-35/h1-6,11-14,35H,7-10H2,(H,30,31)(H2,29,32,34). The van der Waals surface area contributed by atoms with Crippen molar-refractivity contribution < 1.29 is 18.6 Å². The molecule has 0 unspecified atom stereocenters. The van der Waals surface area contributed by atoms with E-state index in [1.807, 2.05) is 30.3 Å². The number of rotatable bonds is 6. The Bertz CT molecular complexity index is 1490. The Labute approximate surface area is 215 Å². The van der Waals surface area contributed by atoms with Gasteiger partial charge in [0.25, 0.3) is 0 Å². The molecule has 0 atom stereocenters. The molecule has 0 amide bonds. The molecule has 4 heterocycles. The number of ether oxygens (including phenoxy) is 1. The minimum Gasteiger partial charge on any atom is -0.491 e.